The summed E-state index contributed by atoms with van der Waals surface area (Å²) in [7, 11) is 1.44. The van der Waals surface area contributed by atoms with Gasteiger partial charge in [0.15, 0.2) is 5.16 Å². The van der Waals surface area contributed by atoms with E-state index >= 15 is 0 Å². The number of fused-ring (bicyclic) bond motifs is 1. The maximum atomic E-state index is 12.9. The van der Waals surface area contributed by atoms with E-state index in [1.54, 1.807) is 23.6 Å². The van der Waals surface area contributed by atoms with Crippen LogP contribution in [-0.4, -0.2) is 33.8 Å². The van der Waals surface area contributed by atoms with Crippen molar-refractivity contribution in [3.05, 3.63) is 34.6 Å². The fourth-order valence-electron chi connectivity index (χ4n) is 2.62. The minimum atomic E-state index is -0.572. The van der Waals surface area contributed by atoms with Gasteiger partial charge in [-0.05, 0) is 25.5 Å². The molecule has 2 aromatic rings. The first kappa shape index (κ1) is 21.0. The van der Waals surface area contributed by atoms with E-state index in [1.807, 2.05) is 12.1 Å². The number of amides is 3. The van der Waals surface area contributed by atoms with Crippen molar-refractivity contribution in [2.24, 2.45) is 0 Å². The van der Waals surface area contributed by atoms with Crippen molar-refractivity contribution < 1.29 is 9.59 Å². The van der Waals surface area contributed by atoms with Crippen LogP contribution >= 0.6 is 11.8 Å². The Hall–Kier alpha value is -2.35. The Morgan fingerprint density at radius 1 is 1.22 bits per heavy atom. The number of carbonyl (C=O) groups excluding carboxylic acids is 2. The maximum absolute atomic E-state index is 12.9. The lowest BCUT2D eigenvalue weighted by Crippen LogP contribution is -2.41. The molecule has 2 N–H and O–H groups in total. The molecule has 0 saturated heterocycles. The summed E-state index contributed by atoms with van der Waals surface area (Å²) in [5.74, 6) is -0.431. The Labute approximate surface area is 162 Å². The summed E-state index contributed by atoms with van der Waals surface area (Å²) in [6.45, 7) is 4.38. The first-order valence-corrected chi connectivity index (χ1v) is 10.0. The molecule has 146 valence electrons. The summed E-state index contributed by atoms with van der Waals surface area (Å²) in [4.78, 5) is 41.1. The van der Waals surface area contributed by atoms with Gasteiger partial charge < -0.3 is 5.32 Å². The minimum Gasteiger partial charge on any atom is -0.341 e. The third kappa shape index (κ3) is 5.56. The Bertz CT molecular complexity index is 866. The van der Waals surface area contributed by atoms with Crippen LogP contribution < -0.4 is 16.2 Å². The topological polar surface area (TPSA) is 93.1 Å². The Balaban J connectivity index is 2.30. The fourth-order valence-corrected chi connectivity index (χ4v) is 3.55. The number of nitrogens with one attached hydrogen (secondary N) is 2. The van der Waals surface area contributed by atoms with Crippen molar-refractivity contribution in [1.29, 1.82) is 0 Å². The lowest BCUT2D eigenvalue weighted by molar-refractivity contribution is -0.119. The molecule has 0 aliphatic carbocycles. The van der Waals surface area contributed by atoms with Gasteiger partial charge in [-0.1, -0.05) is 50.1 Å². The Morgan fingerprint density at radius 3 is 2.67 bits per heavy atom. The molecule has 0 fully saturated rings. The summed E-state index contributed by atoms with van der Waals surface area (Å²) in [5, 5.41) is 5.10. The van der Waals surface area contributed by atoms with E-state index in [2.05, 4.69) is 22.5 Å². The van der Waals surface area contributed by atoms with Gasteiger partial charge >= 0.3 is 6.03 Å². The second-order valence-electron chi connectivity index (χ2n) is 6.26. The molecular weight excluding hydrogens is 364 g/mol. The molecule has 0 aliphatic heterocycles. The highest BCUT2D eigenvalue weighted by molar-refractivity contribution is 8.00. The molecular formula is C19H26N4O3S. The van der Waals surface area contributed by atoms with Crippen LogP contribution in [0.15, 0.2) is 34.2 Å². The molecule has 1 heterocycles. The molecule has 0 aliphatic rings. The van der Waals surface area contributed by atoms with E-state index in [0.717, 1.165) is 25.7 Å². The second kappa shape index (κ2) is 10.1. The average Bonchev–Trinajstić information content (AvgIpc) is 2.67. The third-order valence-corrected chi connectivity index (χ3v) is 5.27. The van der Waals surface area contributed by atoms with Gasteiger partial charge in [0, 0.05) is 13.6 Å². The molecule has 3 amide bonds. The van der Waals surface area contributed by atoms with Crippen molar-refractivity contribution in [2.75, 3.05) is 7.05 Å². The van der Waals surface area contributed by atoms with E-state index in [-0.39, 0.29) is 5.56 Å². The van der Waals surface area contributed by atoms with Crippen LogP contribution in [0.1, 0.15) is 39.5 Å². The molecule has 1 aromatic carbocycles. The largest absolute Gasteiger partial charge is 0.341 e. The smallest absolute Gasteiger partial charge is 0.321 e. The minimum absolute atomic E-state index is 0.0986. The van der Waals surface area contributed by atoms with Crippen LogP contribution in [0.5, 0.6) is 0 Å². The predicted octanol–water partition coefficient (Wildman–Crippen LogP) is 2.91. The number of benzene rings is 1. The van der Waals surface area contributed by atoms with Crippen molar-refractivity contribution in [1.82, 2.24) is 20.2 Å². The number of hydrogen-bond acceptors (Lipinski definition) is 5. The SMILES string of the molecule is CCCCCCn1c(S[C@H](C)C(=O)NC(=O)NC)nc2ccccc2c1=O. The molecule has 0 saturated carbocycles. The molecule has 2 rings (SSSR count). The monoisotopic (exact) mass is 390 g/mol. The van der Waals surface area contributed by atoms with Gasteiger partial charge in [0.25, 0.3) is 5.56 Å². The molecule has 1 atom stereocenters. The van der Waals surface area contributed by atoms with Crippen molar-refractivity contribution in [2.45, 2.75) is 56.5 Å². The molecule has 8 heteroatoms. The second-order valence-corrected chi connectivity index (χ2v) is 7.57. The number of aromatic nitrogens is 2. The number of para-hydroxylation sites is 1. The summed E-state index contributed by atoms with van der Waals surface area (Å²) >= 11 is 1.18. The van der Waals surface area contributed by atoms with E-state index in [0.29, 0.717) is 22.6 Å². The van der Waals surface area contributed by atoms with Crippen LogP contribution in [0.25, 0.3) is 10.9 Å². The zero-order chi connectivity index (χ0) is 19.8. The number of urea groups is 1. The number of thioether (sulfide) groups is 1. The van der Waals surface area contributed by atoms with Gasteiger partial charge in [-0.25, -0.2) is 9.78 Å². The summed E-state index contributed by atoms with van der Waals surface area (Å²) in [6.07, 6.45) is 4.14. The lowest BCUT2D eigenvalue weighted by Gasteiger charge is -2.16. The summed E-state index contributed by atoms with van der Waals surface area (Å²) in [5.41, 5.74) is 0.507. The van der Waals surface area contributed by atoms with E-state index in [4.69, 9.17) is 0 Å². The first-order chi connectivity index (χ1) is 13.0. The zero-order valence-electron chi connectivity index (χ0n) is 15.9. The lowest BCUT2D eigenvalue weighted by atomic mass is 10.2. The van der Waals surface area contributed by atoms with Gasteiger partial charge in [-0.3, -0.25) is 19.5 Å². The van der Waals surface area contributed by atoms with Crippen molar-refractivity contribution in [3.8, 4) is 0 Å². The van der Waals surface area contributed by atoms with Gasteiger partial charge in [0.2, 0.25) is 5.91 Å². The van der Waals surface area contributed by atoms with Crippen LogP contribution in [0.4, 0.5) is 4.79 Å². The number of carbonyl (C=O) groups is 2. The summed E-state index contributed by atoms with van der Waals surface area (Å²) in [6, 6.07) is 6.65. The normalized spacial score (nSPS) is 12.0. The van der Waals surface area contributed by atoms with Gasteiger partial charge in [0.1, 0.15) is 0 Å². The molecule has 0 radical (unpaired) electrons. The number of unbranched alkanes of at least 4 members (excludes halogenated alkanes) is 3. The van der Waals surface area contributed by atoms with E-state index < -0.39 is 17.2 Å². The third-order valence-electron chi connectivity index (χ3n) is 4.18. The van der Waals surface area contributed by atoms with Crippen LogP contribution in [0.2, 0.25) is 0 Å². The zero-order valence-corrected chi connectivity index (χ0v) is 16.8. The molecule has 7 nitrogen and oxygen atoms in total. The van der Waals surface area contributed by atoms with Crippen LogP contribution in [0, 0.1) is 0 Å². The fraction of sp³-hybridized carbons (Fsp3) is 0.474. The quantitative estimate of drug-likeness (QED) is 0.411. The maximum Gasteiger partial charge on any atom is 0.321 e. The summed E-state index contributed by atoms with van der Waals surface area (Å²) < 4.78 is 1.65. The van der Waals surface area contributed by atoms with Gasteiger partial charge in [0.05, 0.1) is 16.2 Å². The van der Waals surface area contributed by atoms with Crippen LogP contribution in [0.3, 0.4) is 0 Å². The first-order valence-electron chi connectivity index (χ1n) is 9.16. The van der Waals surface area contributed by atoms with Crippen molar-refractivity contribution >= 4 is 34.6 Å². The van der Waals surface area contributed by atoms with Gasteiger partial charge in [-0.2, -0.15) is 0 Å². The standard InChI is InChI=1S/C19H26N4O3S/c1-4-5-6-9-12-23-17(25)14-10-7-8-11-15(14)21-19(23)27-13(2)16(24)22-18(26)20-3/h7-8,10-11,13H,4-6,9,12H2,1-3H3,(H2,20,22,24,26)/t13-/m1/s1. The Morgan fingerprint density at radius 2 is 1.96 bits per heavy atom. The number of nitrogens with zero attached hydrogens (tertiary/aromatic N) is 2. The molecule has 1 aromatic heterocycles. The van der Waals surface area contributed by atoms with E-state index in [1.165, 1.54) is 18.8 Å². The highest BCUT2D eigenvalue weighted by Gasteiger charge is 2.20. The highest BCUT2D eigenvalue weighted by Crippen LogP contribution is 2.23. The van der Waals surface area contributed by atoms with Gasteiger partial charge in [-0.15, -0.1) is 0 Å². The van der Waals surface area contributed by atoms with Crippen LogP contribution in [-0.2, 0) is 11.3 Å². The number of rotatable bonds is 8. The molecule has 0 bridgehead atoms. The predicted molar refractivity (Wildman–Crippen MR) is 108 cm³/mol. The average molecular weight is 391 g/mol. The number of hydrogen-bond donors (Lipinski definition) is 2. The number of imide groups is 1. The molecule has 0 unspecified atom stereocenters. The Kier molecular flexibility index (Phi) is 7.84. The molecule has 27 heavy (non-hydrogen) atoms. The highest BCUT2D eigenvalue weighted by atomic mass is 32.2. The van der Waals surface area contributed by atoms with E-state index in [9.17, 15) is 14.4 Å². The molecule has 0 spiro atoms. The van der Waals surface area contributed by atoms with Crippen molar-refractivity contribution in [3.63, 3.8) is 0 Å².